The highest BCUT2D eigenvalue weighted by atomic mass is 32.2. The number of nitrogens with one attached hydrogen (secondary N) is 1. The molecule has 1 amide bonds. The highest BCUT2D eigenvalue weighted by Crippen LogP contribution is 2.41. The van der Waals surface area contributed by atoms with Crippen molar-refractivity contribution in [1.82, 2.24) is 14.9 Å². The molecular weight excluding hydrogens is 538 g/mol. The zero-order valence-electron chi connectivity index (χ0n) is 23.6. The van der Waals surface area contributed by atoms with Gasteiger partial charge in [0.1, 0.15) is 4.90 Å². The Morgan fingerprint density at radius 1 is 0.950 bits per heavy atom. The van der Waals surface area contributed by atoms with Gasteiger partial charge in [0.2, 0.25) is 23.6 Å². The third-order valence-electron chi connectivity index (χ3n) is 6.02. The van der Waals surface area contributed by atoms with E-state index in [1.165, 1.54) is 11.8 Å². The summed E-state index contributed by atoms with van der Waals surface area (Å²) in [5.41, 5.74) is 0.726. The first kappa shape index (κ1) is 31.8. The lowest BCUT2D eigenvalue weighted by molar-refractivity contribution is -0.115. The quantitative estimate of drug-likeness (QED) is 0.251. The van der Waals surface area contributed by atoms with Crippen molar-refractivity contribution >= 4 is 29.3 Å². The zero-order valence-corrected chi connectivity index (χ0v) is 24.4. The minimum Gasteiger partial charge on any atom is -0.480 e. The monoisotopic (exact) mass is 579 g/mol. The number of amides is 1. The number of nitrogens with zero attached hydrogens (tertiary/aromatic N) is 4. The van der Waals surface area contributed by atoms with Crippen molar-refractivity contribution in [2.75, 3.05) is 103 Å². The summed E-state index contributed by atoms with van der Waals surface area (Å²) in [6, 6.07) is 7.59. The highest BCUT2D eigenvalue weighted by molar-refractivity contribution is 7.99. The van der Waals surface area contributed by atoms with Gasteiger partial charge in [-0.15, -0.1) is 0 Å². The van der Waals surface area contributed by atoms with Crippen LogP contribution in [0.2, 0.25) is 0 Å². The molecule has 0 atom stereocenters. The molecule has 1 saturated heterocycles. The average molecular weight is 580 g/mol. The molecule has 2 heterocycles. The number of aromatic nitrogens is 2. The van der Waals surface area contributed by atoms with E-state index in [4.69, 9.17) is 38.8 Å². The lowest BCUT2D eigenvalue weighted by Gasteiger charge is -2.34. The van der Waals surface area contributed by atoms with Gasteiger partial charge in [-0.3, -0.25) is 9.69 Å². The van der Waals surface area contributed by atoms with Gasteiger partial charge in [0.25, 0.3) is 0 Å². The Morgan fingerprint density at radius 3 is 2.17 bits per heavy atom. The topological polar surface area (TPSA) is 128 Å². The minimum absolute atomic E-state index is 0.0245. The third kappa shape index (κ3) is 10.4. The van der Waals surface area contributed by atoms with Crippen molar-refractivity contribution < 1.29 is 33.6 Å². The Labute approximate surface area is 240 Å². The number of carbonyl (C=O) groups excluding carboxylic acids is 1. The van der Waals surface area contributed by atoms with Crippen LogP contribution in [0.15, 0.2) is 34.1 Å². The second-order valence-corrected chi connectivity index (χ2v) is 9.88. The lowest BCUT2D eigenvalue weighted by Crippen LogP contribution is -2.48. The molecule has 0 bridgehead atoms. The standard InChI is InChI=1S/C27H41N5O7S/c1-4-23(34)28-21-6-5-7-22(20-21)40-24-25(35-2)29-27(30-26(24)36-3)32-10-8-31(9-11-32)12-14-37-16-18-39-19-17-38-15-13-33/h5-7,20,33H,4,8-19H2,1-3H3,(H,28,34). The number of rotatable bonds is 18. The van der Waals surface area contributed by atoms with Crippen LogP contribution >= 0.6 is 11.8 Å². The number of hydrogen-bond donors (Lipinski definition) is 2. The van der Waals surface area contributed by atoms with E-state index >= 15 is 0 Å². The molecule has 0 spiro atoms. The molecule has 0 aliphatic carbocycles. The van der Waals surface area contributed by atoms with Gasteiger partial charge >= 0.3 is 0 Å². The van der Waals surface area contributed by atoms with Gasteiger partial charge in [0, 0.05) is 49.7 Å². The summed E-state index contributed by atoms with van der Waals surface area (Å²) >= 11 is 1.42. The van der Waals surface area contributed by atoms with Crippen LogP contribution in [0, 0.1) is 0 Å². The van der Waals surface area contributed by atoms with Crippen molar-refractivity contribution in [3.8, 4) is 11.8 Å². The molecular formula is C27H41N5O7S. The van der Waals surface area contributed by atoms with Crippen LogP contribution in [0.5, 0.6) is 11.8 Å². The predicted octanol–water partition coefficient (Wildman–Crippen LogP) is 2.16. The van der Waals surface area contributed by atoms with Crippen LogP contribution < -0.4 is 19.7 Å². The number of carbonyl (C=O) groups is 1. The van der Waals surface area contributed by atoms with E-state index in [1.807, 2.05) is 31.2 Å². The highest BCUT2D eigenvalue weighted by Gasteiger charge is 2.24. The Balaban J connectivity index is 1.49. The summed E-state index contributed by atoms with van der Waals surface area (Å²) in [6.45, 7) is 8.95. The van der Waals surface area contributed by atoms with Gasteiger partial charge in [0.15, 0.2) is 0 Å². The fourth-order valence-corrected chi connectivity index (χ4v) is 4.88. The molecule has 13 heteroatoms. The second-order valence-electron chi connectivity index (χ2n) is 8.79. The third-order valence-corrected chi connectivity index (χ3v) is 7.07. The number of anilines is 2. The average Bonchev–Trinajstić information content (AvgIpc) is 2.98. The number of aliphatic hydroxyl groups is 1. The van der Waals surface area contributed by atoms with Crippen molar-refractivity contribution in [3.63, 3.8) is 0 Å². The smallest absolute Gasteiger partial charge is 0.236 e. The first-order valence-corrected chi connectivity index (χ1v) is 14.3. The van der Waals surface area contributed by atoms with Crippen molar-refractivity contribution in [2.45, 2.75) is 23.1 Å². The Hall–Kier alpha value is -2.68. The first-order chi connectivity index (χ1) is 19.6. The molecule has 1 aliphatic rings. The van der Waals surface area contributed by atoms with Crippen molar-refractivity contribution in [1.29, 1.82) is 0 Å². The molecule has 1 aromatic heterocycles. The summed E-state index contributed by atoms with van der Waals surface area (Å²) in [7, 11) is 3.17. The van der Waals surface area contributed by atoms with E-state index in [0.29, 0.717) is 68.7 Å². The lowest BCUT2D eigenvalue weighted by atomic mass is 10.3. The number of hydrogen-bond acceptors (Lipinski definition) is 12. The van der Waals surface area contributed by atoms with Gasteiger partial charge in [-0.25, -0.2) is 0 Å². The molecule has 1 aromatic carbocycles. The van der Waals surface area contributed by atoms with Crippen LogP contribution in [0.4, 0.5) is 11.6 Å². The predicted molar refractivity (Wildman–Crippen MR) is 153 cm³/mol. The zero-order chi connectivity index (χ0) is 28.6. The van der Waals surface area contributed by atoms with Gasteiger partial charge in [-0.05, 0) is 18.2 Å². The van der Waals surface area contributed by atoms with Crippen LogP contribution in [0.25, 0.3) is 0 Å². The summed E-state index contributed by atoms with van der Waals surface area (Å²) in [5, 5.41) is 11.5. The van der Waals surface area contributed by atoms with Crippen LogP contribution in [0.1, 0.15) is 13.3 Å². The first-order valence-electron chi connectivity index (χ1n) is 13.5. The van der Waals surface area contributed by atoms with E-state index in [1.54, 1.807) is 14.2 Å². The summed E-state index contributed by atoms with van der Waals surface area (Å²) in [5.74, 6) is 1.40. The molecule has 2 aromatic rings. The van der Waals surface area contributed by atoms with E-state index in [-0.39, 0.29) is 12.5 Å². The van der Waals surface area contributed by atoms with Crippen molar-refractivity contribution in [3.05, 3.63) is 24.3 Å². The van der Waals surface area contributed by atoms with Gasteiger partial charge in [0.05, 0.1) is 60.5 Å². The van der Waals surface area contributed by atoms with Gasteiger partial charge in [-0.2, -0.15) is 9.97 Å². The number of methoxy groups -OCH3 is 2. The molecule has 0 radical (unpaired) electrons. The van der Waals surface area contributed by atoms with E-state index < -0.39 is 0 Å². The number of ether oxygens (including phenoxy) is 5. The van der Waals surface area contributed by atoms with Crippen LogP contribution in [-0.4, -0.2) is 119 Å². The maximum Gasteiger partial charge on any atom is 0.236 e. The van der Waals surface area contributed by atoms with E-state index in [0.717, 1.165) is 43.3 Å². The molecule has 40 heavy (non-hydrogen) atoms. The molecule has 0 unspecified atom stereocenters. The molecule has 222 valence electrons. The number of benzene rings is 1. The van der Waals surface area contributed by atoms with Crippen LogP contribution in [-0.2, 0) is 19.0 Å². The Morgan fingerprint density at radius 2 is 1.57 bits per heavy atom. The molecule has 1 fully saturated rings. The number of aliphatic hydroxyl groups excluding tert-OH is 1. The van der Waals surface area contributed by atoms with E-state index in [9.17, 15) is 4.79 Å². The maximum atomic E-state index is 11.8. The largest absolute Gasteiger partial charge is 0.480 e. The van der Waals surface area contributed by atoms with E-state index in [2.05, 4.69) is 15.1 Å². The Kier molecular flexibility index (Phi) is 14.2. The second kappa shape index (κ2) is 17.9. The molecule has 12 nitrogen and oxygen atoms in total. The normalized spacial score (nSPS) is 13.8. The van der Waals surface area contributed by atoms with Crippen molar-refractivity contribution in [2.24, 2.45) is 0 Å². The molecule has 2 N–H and O–H groups in total. The molecule has 3 rings (SSSR count). The van der Waals surface area contributed by atoms with Crippen LogP contribution in [0.3, 0.4) is 0 Å². The molecule has 0 saturated carbocycles. The number of piperazine rings is 1. The fourth-order valence-electron chi connectivity index (χ4n) is 3.88. The summed E-state index contributed by atoms with van der Waals surface area (Å²) < 4.78 is 27.5. The molecule has 1 aliphatic heterocycles. The fraction of sp³-hybridized carbons (Fsp3) is 0.593. The van der Waals surface area contributed by atoms with Gasteiger partial charge < -0.3 is 39.0 Å². The summed E-state index contributed by atoms with van der Waals surface area (Å²) in [4.78, 5) is 27.2. The summed E-state index contributed by atoms with van der Waals surface area (Å²) in [6.07, 6.45) is 0.413. The Bertz CT molecular complexity index is 1020. The maximum absolute atomic E-state index is 11.8. The SMILES string of the molecule is CCC(=O)Nc1cccc(Sc2c(OC)nc(N3CCN(CCOCCOCCOCCO)CC3)nc2OC)c1. The van der Waals surface area contributed by atoms with Gasteiger partial charge in [-0.1, -0.05) is 24.8 Å². The minimum atomic E-state index is -0.0414.